The monoisotopic (exact) mass is 279 g/mol. The first kappa shape index (κ1) is 12.4. The van der Waals surface area contributed by atoms with Gasteiger partial charge in [-0.2, -0.15) is 0 Å². The van der Waals surface area contributed by atoms with Crippen LogP contribution in [0.1, 0.15) is 29.7 Å². The second-order valence-electron chi connectivity index (χ2n) is 5.78. The molecule has 4 nitrogen and oxygen atoms in total. The first-order valence-corrected chi connectivity index (χ1v) is 7.42. The highest BCUT2D eigenvalue weighted by Gasteiger charge is 2.17. The van der Waals surface area contributed by atoms with Gasteiger partial charge in [0, 0.05) is 23.0 Å². The van der Waals surface area contributed by atoms with Crippen LogP contribution < -0.4 is 5.69 Å². The number of hydrogen-bond donors (Lipinski definition) is 1. The molecule has 1 aliphatic carbocycles. The first-order chi connectivity index (χ1) is 10.2. The average molecular weight is 279 g/mol. The number of benzene rings is 1. The van der Waals surface area contributed by atoms with Crippen molar-refractivity contribution in [1.29, 1.82) is 0 Å². The number of hydrogen-bond acceptors (Lipinski definition) is 2. The lowest BCUT2D eigenvalue weighted by molar-refractivity contribution is 0.659. The number of nitrogens with one attached hydrogen (secondary N) is 1. The van der Waals surface area contributed by atoms with Crippen LogP contribution in [0.25, 0.3) is 16.9 Å². The third kappa shape index (κ3) is 1.98. The van der Waals surface area contributed by atoms with Crippen molar-refractivity contribution in [3.05, 3.63) is 57.8 Å². The second-order valence-corrected chi connectivity index (χ2v) is 5.78. The molecule has 0 bridgehead atoms. The van der Waals surface area contributed by atoms with Gasteiger partial charge in [-0.1, -0.05) is 23.8 Å². The fourth-order valence-corrected chi connectivity index (χ4v) is 3.17. The molecular formula is C17H17N3O. The van der Waals surface area contributed by atoms with Gasteiger partial charge < -0.3 is 4.98 Å². The van der Waals surface area contributed by atoms with Crippen molar-refractivity contribution < 1.29 is 0 Å². The number of aromatic nitrogens is 3. The van der Waals surface area contributed by atoms with Crippen molar-refractivity contribution >= 4 is 5.65 Å². The molecule has 0 aliphatic heterocycles. The minimum absolute atomic E-state index is 0.0861. The lowest BCUT2D eigenvalue weighted by Gasteiger charge is -2.15. The summed E-state index contributed by atoms with van der Waals surface area (Å²) in [6.07, 6.45) is 6.11. The SMILES string of the molecule is Cc1cccc(-c2cn3c(=O)[nH]c4c(c3n2)CCCC4)c1. The number of fused-ring (bicyclic) bond motifs is 3. The number of rotatable bonds is 1. The van der Waals surface area contributed by atoms with Gasteiger partial charge in [-0.15, -0.1) is 0 Å². The summed E-state index contributed by atoms with van der Waals surface area (Å²) in [5.41, 5.74) is 6.13. The largest absolute Gasteiger partial charge is 0.331 e. The molecule has 4 rings (SSSR count). The lowest BCUT2D eigenvalue weighted by Crippen LogP contribution is -2.21. The fraction of sp³-hybridized carbons (Fsp3) is 0.294. The molecule has 1 N–H and O–H groups in total. The molecule has 4 heteroatoms. The number of imidazole rings is 1. The number of H-pyrrole nitrogens is 1. The molecule has 1 aliphatic rings. The molecular weight excluding hydrogens is 262 g/mol. The molecule has 0 saturated carbocycles. The second kappa shape index (κ2) is 4.58. The summed E-state index contributed by atoms with van der Waals surface area (Å²) in [5.74, 6) is 0. The van der Waals surface area contributed by atoms with Crippen molar-refractivity contribution in [1.82, 2.24) is 14.4 Å². The van der Waals surface area contributed by atoms with E-state index in [4.69, 9.17) is 4.98 Å². The molecule has 0 amide bonds. The summed E-state index contributed by atoms with van der Waals surface area (Å²) in [5, 5.41) is 0. The van der Waals surface area contributed by atoms with E-state index in [9.17, 15) is 4.79 Å². The minimum Gasteiger partial charge on any atom is -0.311 e. The van der Waals surface area contributed by atoms with Gasteiger partial charge in [0.05, 0.1) is 5.69 Å². The quantitative estimate of drug-likeness (QED) is 0.744. The summed E-state index contributed by atoms with van der Waals surface area (Å²) in [4.78, 5) is 20.0. The highest BCUT2D eigenvalue weighted by molar-refractivity contribution is 5.65. The Hall–Kier alpha value is -2.36. The van der Waals surface area contributed by atoms with E-state index in [1.165, 1.54) is 17.5 Å². The van der Waals surface area contributed by atoms with Crippen LogP contribution in [0.3, 0.4) is 0 Å². The van der Waals surface area contributed by atoms with E-state index >= 15 is 0 Å². The van der Waals surface area contributed by atoms with Crippen molar-refractivity contribution in [2.24, 2.45) is 0 Å². The Morgan fingerprint density at radius 1 is 1.24 bits per heavy atom. The van der Waals surface area contributed by atoms with Gasteiger partial charge in [-0.25, -0.2) is 9.78 Å². The van der Waals surface area contributed by atoms with Crippen LogP contribution in [-0.2, 0) is 12.8 Å². The van der Waals surface area contributed by atoms with E-state index in [0.717, 1.165) is 41.9 Å². The fourth-order valence-electron chi connectivity index (χ4n) is 3.17. The number of aryl methyl sites for hydroxylation is 3. The van der Waals surface area contributed by atoms with Crippen molar-refractivity contribution in [2.75, 3.05) is 0 Å². The molecule has 2 heterocycles. The number of aromatic amines is 1. The summed E-state index contributed by atoms with van der Waals surface area (Å²) in [6.45, 7) is 2.06. The molecule has 0 spiro atoms. The molecule has 0 radical (unpaired) electrons. The van der Waals surface area contributed by atoms with Crippen molar-refractivity contribution in [2.45, 2.75) is 32.6 Å². The molecule has 0 saturated heterocycles. The Bertz CT molecular complexity index is 889. The van der Waals surface area contributed by atoms with Crippen LogP contribution in [-0.4, -0.2) is 14.4 Å². The molecule has 106 valence electrons. The van der Waals surface area contributed by atoms with Gasteiger partial charge in [-0.05, 0) is 38.7 Å². The molecule has 3 aromatic rings. The van der Waals surface area contributed by atoms with Gasteiger partial charge in [0.2, 0.25) is 0 Å². The Morgan fingerprint density at radius 2 is 2.10 bits per heavy atom. The van der Waals surface area contributed by atoms with Crippen LogP contribution >= 0.6 is 0 Å². The minimum atomic E-state index is -0.0861. The highest BCUT2D eigenvalue weighted by atomic mass is 16.1. The van der Waals surface area contributed by atoms with E-state index < -0.39 is 0 Å². The molecule has 0 unspecified atom stereocenters. The van der Waals surface area contributed by atoms with Crippen molar-refractivity contribution in [3.63, 3.8) is 0 Å². The third-order valence-electron chi connectivity index (χ3n) is 4.23. The molecule has 21 heavy (non-hydrogen) atoms. The number of nitrogens with zero attached hydrogens (tertiary/aromatic N) is 2. The van der Waals surface area contributed by atoms with E-state index in [1.807, 2.05) is 18.3 Å². The summed E-state index contributed by atoms with van der Waals surface area (Å²) in [6, 6.07) is 8.22. The summed E-state index contributed by atoms with van der Waals surface area (Å²) >= 11 is 0. The molecule has 0 atom stereocenters. The molecule has 2 aromatic heterocycles. The maximum absolute atomic E-state index is 12.2. The smallest absolute Gasteiger partial charge is 0.311 e. The topological polar surface area (TPSA) is 50.2 Å². The van der Waals surface area contributed by atoms with E-state index in [0.29, 0.717) is 0 Å². The zero-order chi connectivity index (χ0) is 14.4. The summed E-state index contributed by atoms with van der Waals surface area (Å²) in [7, 11) is 0. The Morgan fingerprint density at radius 3 is 2.95 bits per heavy atom. The maximum atomic E-state index is 12.2. The van der Waals surface area contributed by atoms with Gasteiger partial charge in [-0.3, -0.25) is 4.40 Å². The predicted octanol–water partition coefficient (Wildman–Crippen LogP) is 2.88. The normalized spacial score (nSPS) is 14.3. The van der Waals surface area contributed by atoms with Gasteiger partial charge in [0.25, 0.3) is 0 Å². The van der Waals surface area contributed by atoms with Crippen LogP contribution in [0.2, 0.25) is 0 Å². The Balaban J connectivity index is 1.98. The van der Waals surface area contributed by atoms with Crippen LogP contribution in [0.5, 0.6) is 0 Å². The molecule has 1 aromatic carbocycles. The average Bonchev–Trinajstić information content (AvgIpc) is 2.93. The zero-order valence-electron chi connectivity index (χ0n) is 12.0. The first-order valence-electron chi connectivity index (χ1n) is 7.42. The third-order valence-corrected chi connectivity index (χ3v) is 4.23. The highest BCUT2D eigenvalue weighted by Crippen LogP contribution is 2.25. The zero-order valence-corrected chi connectivity index (χ0v) is 12.0. The van der Waals surface area contributed by atoms with Crippen LogP contribution in [0, 0.1) is 6.92 Å². The van der Waals surface area contributed by atoms with Gasteiger partial charge in [0.1, 0.15) is 5.65 Å². The van der Waals surface area contributed by atoms with Gasteiger partial charge in [0.15, 0.2) is 0 Å². The standard InChI is InChI=1S/C17H17N3O/c1-11-5-4-6-12(9-11)15-10-20-16(18-15)13-7-2-3-8-14(13)19-17(20)21/h4-6,9-10H,2-3,7-8H2,1H3,(H,19,21). The maximum Gasteiger partial charge on any atom is 0.331 e. The van der Waals surface area contributed by atoms with Crippen molar-refractivity contribution in [3.8, 4) is 11.3 Å². The van der Waals surface area contributed by atoms with E-state index in [-0.39, 0.29) is 5.69 Å². The Labute approximate surface area is 122 Å². The van der Waals surface area contributed by atoms with Crippen LogP contribution in [0.4, 0.5) is 0 Å². The van der Waals surface area contributed by atoms with E-state index in [2.05, 4.69) is 24.0 Å². The van der Waals surface area contributed by atoms with Gasteiger partial charge >= 0.3 is 5.69 Å². The molecule has 0 fully saturated rings. The van der Waals surface area contributed by atoms with Crippen LogP contribution in [0.15, 0.2) is 35.3 Å². The predicted molar refractivity (Wildman–Crippen MR) is 82.6 cm³/mol. The summed E-state index contributed by atoms with van der Waals surface area (Å²) < 4.78 is 1.65. The Kier molecular flexibility index (Phi) is 2.70. The lowest BCUT2D eigenvalue weighted by atomic mass is 9.97. The van der Waals surface area contributed by atoms with E-state index in [1.54, 1.807) is 4.40 Å².